The van der Waals surface area contributed by atoms with Crippen molar-refractivity contribution in [3.05, 3.63) is 52.8 Å². The van der Waals surface area contributed by atoms with Crippen LogP contribution in [0.2, 0.25) is 0 Å². The van der Waals surface area contributed by atoms with Crippen LogP contribution in [0, 0.1) is 6.92 Å². The van der Waals surface area contributed by atoms with Crippen LogP contribution in [0.5, 0.6) is 0 Å². The van der Waals surface area contributed by atoms with Gasteiger partial charge in [0.05, 0.1) is 6.54 Å². The molecule has 1 aromatic carbocycles. The van der Waals surface area contributed by atoms with Gasteiger partial charge in [-0.15, -0.1) is 0 Å². The van der Waals surface area contributed by atoms with E-state index in [2.05, 4.69) is 15.7 Å². The second-order valence-corrected chi connectivity index (χ2v) is 9.43. The molecular weight excluding hydrogens is 418 g/mol. The van der Waals surface area contributed by atoms with Crippen molar-refractivity contribution < 1.29 is 14.4 Å². The van der Waals surface area contributed by atoms with Gasteiger partial charge in [-0.1, -0.05) is 49.6 Å². The quantitative estimate of drug-likeness (QED) is 0.677. The van der Waals surface area contributed by atoms with Gasteiger partial charge in [0, 0.05) is 25.2 Å². The minimum Gasteiger partial charge on any atom is -0.351 e. The van der Waals surface area contributed by atoms with E-state index in [-0.39, 0.29) is 36.0 Å². The monoisotopic (exact) mass is 451 g/mol. The first kappa shape index (κ1) is 23.0. The van der Waals surface area contributed by atoms with Crippen molar-refractivity contribution in [3.63, 3.8) is 0 Å². The predicted octanol–water partition coefficient (Wildman–Crippen LogP) is 2.80. The standard InChI is InChI=1S/C25H33N5O3/c1-4-13-29-23(32)21-14-20(22(31)26-15-18-11-9-17(2)10-12-18)28-30(21)16-25(29,3)24(33)27-19-7-5-6-8-19/h9-12,14,19H,4-8,13,15-16H2,1-3H3,(H,26,31)(H,27,33)/t25-/m1/s1. The summed E-state index contributed by atoms with van der Waals surface area (Å²) in [5.74, 6) is -0.760. The lowest BCUT2D eigenvalue weighted by Crippen LogP contribution is -2.65. The highest BCUT2D eigenvalue weighted by molar-refractivity contribution is 6.01. The largest absolute Gasteiger partial charge is 0.351 e. The van der Waals surface area contributed by atoms with Gasteiger partial charge in [-0.2, -0.15) is 5.10 Å². The molecule has 1 aliphatic carbocycles. The first-order chi connectivity index (χ1) is 15.8. The fourth-order valence-electron chi connectivity index (χ4n) is 4.72. The molecule has 0 bridgehead atoms. The molecule has 2 N–H and O–H groups in total. The van der Waals surface area contributed by atoms with Crippen molar-refractivity contribution in [2.45, 2.75) is 77.5 Å². The lowest BCUT2D eigenvalue weighted by atomic mass is 9.94. The Bertz CT molecular complexity index is 1040. The van der Waals surface area contributed by atoms with E-state index in [0.717, 1.165) is 43.2 Å². The van der Waals surface area contributed by atoms with Gasteiger partial charge in [0.2, 0.25) is 5.91 Å². The number of benzene rings is 1. The number of amides is 3. The first-order valence-electron chi connectivity index (χ1n) is 11.9. The predicted molar refractivity (Wildman–Crippen MR) is 125 cm³/mol. The van der Waals surface area contributed by atoms with Crippen LogP contribution in [0.15, 0.2) is 30.3 Å². The van der Waals surface area contributed by atoms with Gasteiger partial charge >= 0.3 is 0 Å². The smallest absolute Gasteiger partial charge is 0.273 e. The van der Waals surface area contributed by atoms with Gasteiger partial charge in [0.25, 0.3) is 11.8 Å². The van der Waals surface area contributed by atoms with E-state index in [1.54, 1.807) is 11.8 Å². The molecule has 1 aliphatic heterocycles. The molecule has 1 fully saturated rings. The highest BCUT2D eigenvalue weighted by atomic mass is 16.2. The maximum atomic E-state index is 13.4. The van der Waals surface area contributed by atoms with Crippen LogP contribution in [-0.2, 0) is 17.9 Å². The summed E-state index contributed by atoms with van der Waals surface area (Å²) in [5.41, 5.74) is 1.61. The van der Waals surface area contributed by atoms with Gasteiger partial charge in [-0.3, -0.25) is 19.1 Å². The van der Waals surface area contributed by atoms with Crippen molar-refractivity contribution in [2.24, 2.45) is 0 Å². The van der Waals surface area contributed by atoms with Gasteiger partial charge in [0.1, 0.15) is 11.2 Å². The van der Waals surface area contributed by atoms with E-state index >= 15 is 0 Å². The van der Waals surface area contributed by atoms with Crippen LogP contribution in [-0.4, -0.2) is 50.5 Å². The Morgan fingerprint density at radius 3 is 2.55 bits per heavy atom. The number of carbonyl (C=O) groups excluding carboxylic acids is 3. The fraction of sp³-hybridized carbons (Fsp3) is 0.520. The molecule has 1 atom stereocenters. The fourth-order valence-corrected chi connectivity index (χ4v) is 4.72. The molecular formula is C25H33N5O3. The van der Waals surface area contributed by atoms with Crippen LogP contribution in [0.25, 0.3) is 0 Å². The summed E-state index contributed by atoms with van der Waals surface area (Å²) >= 11 is 0. The van der Waals surface area contributed by atoms with E-state index < -0.39 is 5.54 Å². The van der Waals surface area contributed by atoms with Crippen LogP contribution in [0.1, 0.15) is 78.1 Å². The molecule has 1 saturated carbocycles. The van der Waals surface area contributed by atoms with Crippen molar-refractivity contribution in [2.75, 3.05) is 6.54 Å². The molecule has 33 heavy (non-hydrogen) atoms. The van der Waals surface area contributed by atoms with Crippen molar-refractivity contribution >= 4 is 17.7 Å². The van der Waals surface area contributed by atoms with Crippen LogP contribution in [0.3, 0.4) is 0 Å². The Hall–Kier alpha value is -3.16. The summed E-state index contributed by atoms with van der Waals surface area (Å²) in [6, 6.07) is 9.62. The average molecular weight is 452 g/mol. The SMILES string of the molecule is CCCN1C(=O)c2cc(C(=O)NCc3ccc(C)cc3)nn2C[C@]1(C)C(=O)NC1CCCC1. The Morgan fingerprint density at radius 1 is 1.18 bits per heavy atom. The van der Waals surface area contributed by atoms with Crippen LogP contribution < -0.4 is 10.6 Å². The number of hydrogen-bond donors (Lipinski definition) is 2. The molecule has 8 heteroatoms. The molecule has 2 aromatic rings. The van der Waals surface area contributed by atoms with E-state index in [1.165, 1.54) is 10.7 Å². The number of fused-ring (bicyclic) bond motifs is 1. The van der Waals surface area contributed by atoms with Gasteiger partial charge in [-0.05, 0) is 38.7 Å². The van der Waals surface area contributed by atoms with Crippen LogP contribution >= 0.6 is 0 Å². The molecule has 2 heterocycles. The maximum absolute atomic E-state index is 13.4. The Kier molecular flexibility index (Phi) is 6.54. The summed E-state index contributed by atoms with van der Waals surface area (Å²) in [7, 11) is 0. The molecule has 0 unspecified atom stereocenters. The number of rotatable bonds is 7. The molecule has 176 valence electrons. The third-order valence-electron chi connectivity index (χ3n) is 6.73. The second-order valence-electron chi connectivity index (χ2n) is 9.43. The van der Waals surface area contributed by atoms with E-state index in [0.29, 0.717) is 18.8 Å². The summed E-state index contributed by atoms with van der Waals surface area (Å²) in [6.45, 7) is 6.85. The summed E-state index contributed by atoms with van der Waals surface area (Å²) in [4.78, 5) is 41.1. The Labute approximate surface area is 194 Å². The highest BCUT2D eigenvalue weighted by Gasteiger charge is 2.48. The lowest BCUT2D eigenvalue weighted by Gasteiger charge is -2.43. The minimum absolute atomic E-state index is 0.150. The Balaban J connectivity index is 1.53. The summed E-state index contributed by atoms with van der Waals surface area (Å²) in [6.07, 6.45) is 4.91. The number of carbonyl (C=O) groups is 3. The third-order valence-corrected chi connectivity index (χ3v) is 6.73. The summed E-state index contributed by atoms with van der Waals surface area (Å²) < 4.78 is 1.52. The highest BCUT2D eigenvalue weighted by Crippen LogP contribution is 2.29. The number of nitrogens with zero attached hydrogens (tertiary/aromatic N) is 3. The van der Waals surface area contributed by atoms with Gasteiger partial charge in [0.15, 0.2) is 5.69 Å². The van der Waals surface area contributed by atoms with Crippen molar-refractivity contribution in [1.82, 2.24) is 25.3 Å². The number of aromatic nitrogens is 2. The normalized spacial score (nSPS) is 20.6. The molecule has 4 rings (SSSR count). The number of aryl methyl sites for hydroxylation is 1. The lowest BCUT2D eigenvalue weighted by molar-refractivity contribution is -0.133. The molecule has 3 amide bonds. The Morgan fingerprint density at radius 2 is 1.88 bits per heavy atom. The van der Waals surface area contributed by atoms with Crippen molar-refractivity contribution in [3.8, 4) is 0 Å². The summed E-state index contributed by atoms with van der Waals surface area (Å²) in [5, 5.41) is 10.4. The zero-order chi connectivity index (χ0) is 23.6. The topological polar surface area (TPSA) is 96.3 Å². The number of hydrogen-bond acceptors (Lipinski definition) is 4. The first-order valence-corrected chi connectivity index (χ1v) is 11.9. The van der Waals surface area contributed by atoms with E-state index in [4.69, 9.17) is 0 Å². The molecule has 1 aromatic heterocycles. The average Bonchev–Trinajstić information content (AvgIpc) is 3.46. The van der Waals surface area contributed by atoms with Crippen molar-refractivity contribution in [1.29, 1.82) is 0 Å². The zero-order valence-corrected chi connectivity index (χ0v) is 19.7. The third kappa shape index (κ3) is 4.65. The molecule has 0 radical (unpaired) electrons. The van der Waals surface area contributed by atoms with E-state index in [9.17, 15) is 14.4 Å². The number of nitrogens with one attached hydrogen (secondary N) is 2. The molecule has 0 saturated heterocycles. The van der Waals surface area contributed by atoms with Gasteiger partial charge < -0.3 is 15.5 Å². The van der Waals surface area contributed by atoms with Crippen LogP contribution in [0.4, 0.5) is 0 Å². The molecule has 8 nitrogen and oxygen atoms in total. The molecule has 2 aliphatic rings. The molecule has 0 spiro atoms. The minimum atomic E-state index is -1.05. The zero-order valence-electron chi connectivity index (χ0n) is 19.7. The van der Waals surface area contributed by atoms with Gasteiger partial charge in [-0.25, -0.2) is 0 Å². The van der Waals surface area contributed by atoms with E-state index in [1.807, 2.05) is 38.1 Å². The second kappa shape index (κ2) is 9.37. The maximum Gasteiger partial charge on any atom is 0.273 e.